The minimum atomic E-state index is -0.686. The van der Waals surface area contributed by atoms with Crippen LogP contribution >= 0.6 is 0 Å². The maximum atomic E-state index is 13.0. The summed E-state index contributed by atoms with van der Waals surface area (Å²) in [6, 6.07) is 19.8. The minimum Gasteiger partial charge on any atom is -0.383 e. The first-order valence-corrected chi connectivity index (χ1v) is 8.16. The van der Waals surface area contributed by atoms with Crippen molar-refractivity contribution in [1.82, 2.24) is 15.1 Å². The Morgan fingerprint density at radius 1 is 1.04 bits per heavy atom. The lowest BCUT2D eigenvalue weighted by atomic mass is 9.84. The van der Waals surface area contributed by atoms with E-state index >= 15 is 0 Å². The second-order valence-electron chi connectivity index (χ2n) is 6.28. The summed E-state index contributed by atoms with van der Waals surface area (Å²) >= 11 is 0. The van der Waals surface area contributed by atoms with Crippen LogP contribution in [0.4, 0.5) is 5.82 Å². The zero-order valence-electron chi connectivity index (χ0n) is 14.7. The number of nitrogens with one attached hydrogen (secondary N) is 1. The van der Waals surface area contributed by atoms with E-state index in [9.17, 15) is 4.79 Å². The standard InChI is InChI=1S/C20H22N4O/c1-14-17(18(21)24(3)23-14)19(25)22-20(2,15-10-6-4-7-11-15)16-12-8-5-9-13-16/h4-13H,21H2,1-3H3,(H,22,25). The van der Waals surface area contributed by atoms with E-state index in [0.29, 0.717) is 17.1 Å². The predicted octanol–water partition coefficient (Wildman–Crippen LogP) is 3.00. The molecule has 0 aliphatic carbocycles. The van der Waals surface area contributed by atoms with Crippen molar-refractivity contribution >= 4 is 11.7 Å². The van der Waals surface area contributed by atoms with Gasteiger partial charge in [0.2, 0.25) is 0 Å². The van der Waals surface area contributed by atoms with E-state index in [4.69, 9.17) is 5.73 Å². The fourth-order valence-electron chi connectivity index (χ4n) is 3.10. The highest BCUT2D eigenvalue weighted by atomic mass is 16.1. The molecular weight excluding hydrogens is 312 g/mol. The van der Waals surface area contributed by atoms with E-state index in [1.807, 2.05) is 67.6 Å². The number of amides is 1. The maximum absolute atomic E-state index is 13.0. The highest BCUT2D eigenvalue weighted by Gasteiger charge is 2.32. The molecule has 2 aromatic carbocycles. The molecule has 0 fully saturated rings. The number of anilines is 1. The van der Waals surface area contributed by atoms with Crippen molar-refractivity contribution in [3.63, 3.8) is 0 Å². The molecule has 3 aromatic rings. The first-order valence-electron chi connectivity index (χ1n) is 8.16. The van der Waals surface area contributed by atoms with Crippen LogP contribution in [0.25, 0.3) is 0 Å². The topological polar surface area (TPSA) is 72.9 Å². The van der Waals surface area contributed by atoms with Gasteiger partial charge < -0.3 is 11.1 Å². The van der Waals surface area contributed by atoms with Crippen molar-refractivity contribution < 1.29 is 4.79 Å². The SMILES string of the molecule is Cc1nn(C)c(N)c1C(=O)NC(C)(c1ccccc1)c1ccccc1. The van der Waals surface area contributed by atoms with Crippen LogP contribution in [0.2, 0.25) is 0 Å². The van der Waals surface area contributed by atoms with Crippen LogP contribution in [0, 0.1) is 6.92 Å². The van der Waals surface area contributed by atoms with E-state index in [2.05, 4.69) is 10.4 Å². The summed E-state index contributed by atoms with van der Waals surface area (Å²) in [5, 5.41) is 7.40. The summed E-state index contributed by atoms with van der Waals surface area (Å²) in [6.07, 6.45) is 0. The number of carbonyl (C=O) groups is 1. The van der Waals surface area contributed by atoms with Crippen LogP contribution < -0.4 is 11.1 Å². The molecule has 0 atom stereocenters. The Morgan fingerprint density at radius 2 is 1.52 bits per heavy atom. The van der Waals surface area contributed by atoms with E-state index < -0.39 is 5.54 Å². The molecule has 25 heavy (non-hydrogen) atoms. The van der Waals surface area contributed by atoms with Crippen LogP contribution in [0.15, 0.2) is 60.7 Å². The highest BCUT2D eigenvalue weighted by molar-refractivity contribution is 6.00. The van der Waals surface area contributed by atoms with Gasteiger partial charge in [0.15, 0.2) is 0 Å². The molecule has 0 unspecified atom stereocenters. The van der Waals surface area contributed by atoms with Crippen LogP contribution in [-0.4, -0.2) is 15.7 Å². The average molecular weight is 334 g/mol. The number of hydrogen-bond donors (Lipinski definition) is 2. The summed E-state index contributed by atoms with van der Waals surface area (Å²) < 4.78 is 1.52. The molecule has 0 radical (unpaired) electrons. The summed E-state index contributed by atoms with van der Waals surface area (Å²) in [5.74, 6) is 0.122. The van der Waals surface area contributed by atoms with Gasteiger partial charge in [-0.05, 0) is 25.0 Å². The molecule has 3 N–H and O–H groups in total. The lowest BCUT2D eigenvalue weighted by Gasteiger charge is -2.32. The van der Waals surface area contributed by atoms with Gasteiger partial charge in [-0.1, -0.05) is 60.7 Å². The smallest absolute Gasteiger partial charge is 0.257 e. The van der Waals surface area contributed by atoms with Crippen molar-refractivity contribution in [2.75, 3.05) is 5.73 Å². The van der Waals surface area contributed by atoms with Crippen LogP contribution in [0.1, 0.15) is 34.1 Å². The summed E-state index contributed by atoms with van der Waals surface area (Å²) in [6.45, 7) is 3.78. The van der Waals surface area contributed by atoms with Crippen molar-refractivity contribution in [3.05, 3.63) is 83.0 Å². The molecule has 5 nitrogen and oxygen atoms in total. The predicted molar refractivity (Wildman–Crippen MR) is 99.2 cm³/mol. The van der Waals surface area contributed by atoms with Crippen LogP contribution in [0.5, 0.6) is 0 Å². The molecule has 3 rings (SSSR count). The van der Waals surface area contributed by atoms with Gasteiger partial charge in [0.25, 0.3) is 5.91 Å². The van der Waals surface area contributed by atoms with Crippen molar-refractivity contribution in [1.29, 1.82) is 0 Å². The zero-order valence-corrected chi connectivity index (χ0v) is 14.7. The number of nitrogen functional groups attached to an aromatic ring is 1. The van der Waals surface area contributed by atoms with Gasteiger partial charge in [-0.3, -0.25) is 9.48 Å². The Bertz CT molecular complexity index is 845. The molecule has 0 aliphatic heterocycles. The summed E-state index contributed by atoms with van der Waals surface area (Å²) in [7, 11) is 1.73. The van der Waals surface area contributed by atoms with E-state index in [1.165, 1.54) is 4.68 Å². The Balaban J connectivity index is 2.06. The van der Waals surface area contributed by atoms with Crippen LogP contribution in [-0.2, 0) is 12.6 Å². The molecule has 0 saturated heterocycles. The number of hydrogen-bond acceptors (Lipinski definition) is 3. The monoisotopic (exact) mass is 334 g/mol. The van der Waals surface area contributed by atoms with Gasteiger partial charge in [-0.2, -0.15) is 5.10 Å². The number of aromatic nitrogens is 2. The van der Waals surface area contributed by atoms with Crippen molar-refractivity contribution in [2.45, 2.75) is 19.4 Å². The molecule has 0 saturated carbocycles. The zero-order chi connectivity index (χ0) is 18.0. The summed E-state index contributed by atoms with van der Waals surface area (Å²) in [4.78, 5) is 13.0. The number of nitrogens with zero attached hydrogens (tertiary/aromatic N) is 2. The quantitative estimate of drug-likeness (QED) is 0.770. The van der Waals surface area contributed by atoms with Gasteiger partial charge in [-0.15, -0.1) is 0 Å². The van der Waals surface area contributed by atoms with Gasteiger partial charge in [0, 0.05) is 7.05 Å². The minimum absolute atomic E-state index is 0.238. The molecule has 128 valence electrons. The first-order chi connectivity index (χ1) is 11.9. The van der Waals surface area contributed by atoms with E-state index in [-0.39, 0.29) is 5.91 Å². The van der Waals surface area contributed by atoms with Gasteiger partial charge in [0.1, 0.15) is 11.4 Å². The number of carbonyl (C=O) groups excluding carboxylic acids is 1. The normalized spacial score (nSPS) is 11.3. The highest BCUT2D eigenvalue weighted by Crippen LogP contribution is 2.30. The molecule has 1 aromatic heterocycles. The first kappa shape index (κ1) is 16.8. The molecule has 0 spiro atoms. The van der Waals surface area contributed by atoms with E-state index in [0.717, 1.165) is 11.1 Å². The molecule has 1 heterocycles. The number of nitrogens with two attached hydrogens (primary N) is 1. The number of benzene rings is 2. The molecular formula is C20H22N4O. The third-order valence-electron chi connectivity index (χ3n) is 4.56. The van der Waals surface area contributed by atoms with Gasteiger partial charge in [-0.25, -0.2) is 0 Å². The van der Waals surface area contributed by atoms with Crippen molar-refractivity contribution in [2.24, 2.45) is 7.05 Å². The lowest BCUT2D eigenvalue weighted by Crippen LogP contribution is -2.44. The Morgan fingerprint density at radius 3 is 1.92 bits per heavy atom. The Labute approximate surface area is 147 Å². The lowest BCUT2D eigenvalue weighted by molar-refractivity contribution is 0.0919. The largest absolute Gasteiger partial charge is 0.383 e. The fourth-order valence-corrected chi connectivity index (χ4v) is 3.10. The summed E-state index contributed by atoms with van der Waals surface area (Å²) in [5.41, 5.74) is 8.37. The average Bonchev–Trinajstić information content (AvgIpc) is 2.88. The van der Waals surface area contributed by atoms with Gasteiger partial charge in [0.05, 0.1) is 11.2 Å². The maximum Gasteiger partial charge on any atom is 0.257 e. The fraction of sp³-hybridized carbons (Fsp3) is 0.200. The second-order valence-corrected chi connectivity index (χ2v) is 6.28. The second kappa shape index (κ2) is 6.43. The molecule has 0 aliphatic rings. The Kier molecular flexibility index (Phi) is 4.31. The molecule has 1 amide bonds. The Hall–Kier alpha value is -3.08. The van der Waals surface area contributed by atoms with Crippen molar-refractivity contribution in [3.8, 4) is 0 Å². The van der Waals surface area contributed by atoms with E-state index in [1.54, 1.807) is 14.0 Å². The van der Waals surface area contributed by atoms with Gasteiger partial charge >= 0.3 is 0 Å². The molecule has 0 bridgehead atoms. The third-order valence-corrected chi connectivity index (χ3v) is 4.56. The molecule has 5 heteroatoms. The van der Waals surface area contributed by atoms with Crippen LogP contribution in [0.3, 0.4) is 0 Å². The number of rotatable bonds is 4. The third kappa shape index (κ3) is 3.01. The number of aryl methyl sites for hydroxylation is 2.